The zero-order valence-corrected chi connectivity index (χ0v) is 17.2. The average Bonchev–Trinajstić information content (AvgIpc) is 2.65. The first-order valence-corrected chi connectivity index (χ1v) is 10.2. The van der Waals surface area contributed by atoms with Crippen LogP contribution in [-0.4, -0.2) is 51.1 Å². The number of para-hydroxylation sites is 1. The molecule has 0 fully saturated rings. The van der Waals surface area contributed by atoms with Crippen molar-refractivity contribution < 1.29 is 36.2 Å². The standard InChI is InChI=1S/C19H21F3N2O5S/c1-12(24(2)3)11-23-30(27,28)14-9-7-13(8-10-14)29-17-15(18(25)26)5-4-6-16(17)19(20,21)22/h4-10,12,23H,11H2,1-3H3,(H,25,26). The third kappa shape index (κ3) is 5.71. The van der Waals surface area contributed by atoms with Crippen LogP contribution in [0.2, 0.25) is 0 Å². The molecular formula is C19H21F3N2O5S. The first kappa shape index (κ1) is 23.6. The highest BCUT2D eigenvalue weighted by atomic mass is 32.2. The van der Waals surface area contributed by atoms with Crippen LogP contribution in [-0.2, 0) is 16.2 Å². The Hall–Kier alpha value is -2.63. The van der Waals surface area contributed by atoms with E-state index in [0.717, 1.165) is 36.4 Å². The highest BCUT2D eigenvalue weighted by Crippen LogP contribution is 2.40. The number of ether oxygens (including phenoxy) is 1. The van der Waals surface area contributed by atoms with E-state index >= 15 is 0 Å². The van der Waals surface area contributed by atoms with E-state index in [1.54, 1.807) is 14.1 Å². The van der Waals surface area contributed by atoms with Gasteiger partial charge in [0.15, 0.2) is 5.75 Å². The molecule has 2 N–H and O–H groups in total. The number of nitrogens with one attached hydrogen (secondary N) is 1. The van der Waals surface area contributed by atoms with Crippen LogP contribution >= 0.6 is 0 Å². The molecule has 11 heteroatoms. The number of nitrogens with zero attached hydrogens (tertiary/aromatic N) is 1. The molecule has 0 aromatic heterocycles. The van der Waals surface area contributed by atoms with E-state index in [4.69, 9.17) is 4.74 Å². The van der Waals surface area contributed by atoms with Gasteiger partial charge in [-0.15, -0.1) is 0 Å². The predicted molar refractivity (Wildman–Crippen MR) is 103 cm³/mol. The highest BCUT2D eigenvalue weighted by Gasteiger charge is 2.36. The maximum absolute atomic E-state index is 13.3. The fraction of sp³-hybridized carbons (Fsp3) is 0.316. The molecule has 0 saturated heterocycles. The van der Waals surface area contributed by atoms with Gasteiger partial charge in [-0.1, -0.05) is 6.07 Å². The van der Waals surface area contributed by atoms with E-state index in [9.17, 15) is 31.5 Å². The van der Waals surface area contributed by atoms with E-state index in [1.807, 2.05) is 11.8 Å². The van der Waals surface area contributed by atoms with Crippen molar-refractivity contribution in [3.8, 4) is 11.5 Å². The quantitative estimate of drug-likeness (QED) is 0.645. The average molecular weight is 446 g/mol. The van der Waals surface area contributed by atoms with Gasteiger partial charge in [0.1, 0.15) is 11.3 Å². The summed E-state index contributed by atoms with van der Waals surface area (Å²) in [5.41, 5.74) is -1.92. The number of hydrogen-bond donors (Lipinski definition) is 2. The number of halogens is 3. The summed E-state index contributed by atoms with van der Waals surface area (Å²) in [5, 5.41) is 9.19. The van der Waals surface area contributed by atoms with Crippen molar-refractivity contribution in [2.24, 2.45) is 0 Å². The summed E-state index contributed by atoms with van der Waals surface area (Å²) in [5.74, 6) is -2.60. The Bertz CT molecular complexity index is 1010. The summed E-state index contributed by atoms with van der Waals surface area (Å²) in [7, 11) is -0.236. The Kier molecular flexibility index (Phi) is 7.11. The number of carboxylic acid groups (broad SMARTS) is 1. The summed E-state index contributed by atoms with van der Waals surface area (Å²) in [6, 6.07) is 7.23. The molecule has 7 nitrogen and oxygen atoms in total. The molecule has 1 atom stereocenters. The first-order valence-electron chi connectivity index (χ1n) is 8.70. The fourth-order valence-corrected chi connectivity index (χ4v) is 3.46. The van der Waals surface area contributed by atoms with Crippen LogP contribution in [0.5, 0.6) is 11.5 Å². The van der Waals surface area contributed by atoms with Gasteiger partial charge in [0.05, 0.1) is 10.5 Å². The van der Waals surface area contributed by atoms with Crippen molar-refractivity contribution in [1.82, 2.24) is 9.62 Å². The molecule has 1 unspecified atom stereocenters. The second-order valence-electron chi connectivity index (χ2n) is 6.72. The van der Waals surface area contributed by atoms with Gasteiger partial charge < -0.3 is 14.7 Å². The van der Waals surface area contributed by atoms with Gasteiger partial charge in [0.25, 0.3) is 0 Å². The number of rotatable bonds is 8. The monoisotopic (exact) mass is 446 g/mol. The Morgan fingerprint density at radius 1 is 1.17 bits per heavy atom. The van der Waals surface area contributed by atoms with Gasteiger partial charge >= 0.3 is 12.1 Å². The van der Waals surface area contributed by atoms with E-state index in [0.29, 0.717) is 6.07 Å². The molecule has 0 aliphatic heterocycles. The van der Waals surface area contributed by atoms with Crippen molar-refractivity contribution in [2.75, 3.05) is 20.6 Å². The number of sulfonamides is 1. The maximum Gasteiger partial charge on any atom is 0.420 e. The topological polar surface area (TPSA) is 95.9 Å². The minimum atomic E-state index is -4.84. The molecule has 0 radical (unpaired) electrons. The third-order valence-corrected chi connectivity index (χ3v) is 5.79. The largest absolute Gasteiger partial charge is 0.478 e. The molecule has 0 amide bonds. The van der Waals surface area contributed by atoms with Gasteiger partial charge in [-0.25, -0.2) is 17.9 Å². The SMILES string of the molecule is CC(CNS(=O)(=O)c1ccc(Oc2c(C(=O)O)cccc2C(F)(F)F)cc1)N(C)C. The van der Waals surface area contributed by atoms with E-state index in [2.05, 4.69) is 4.72 Å². The number of alkyl halides is 3. The molecule has 2 aromatic carbocycles. The summed E-state index contributed by atoms with van der Waals surface area (Å²) < 4.78 is 72.1. The molecule has 0 bridgehead atoms. The molecule has 164 valence electrons. The Morgan fingerprint density at radius 2 is 1.77 bits per heavy atom. The second-order valence-corrected chi connectivity index (χ2v) is 8.49. The van der Waals surface area contributed by atoms with Gasteiger partial charge in [-0.05, 0) is 57.4 Å². The molecule has 0 aliphatic carbocycles. The van der Waals surface area contributed by atoms with Crippen molar-refractivity contribution >= 4 is 16.0 Å². The van der Waals surface area contributed by atoms with Crippen LogP contribution in [0.1, 0.15) is 22.8 Å². The zero-order valence-electron chi connectivity index (χ0n) is 16.4. The number of aromatic carboxylic acids is 1. The lowest BCUT2D eigenvalue weighted by molar-refractivity contribution is -0.138. The highest BCUT2D eigenvalue weighted by molar-refractivity contribution is 7.89. The number of hydrogen-bond acceptors (Lipinski definition) is 5. The number of carbonyl (C=O) groups is 1. The van der Waals surface area contributed by atoms with Gasteiger partial charge in [0.2, 0.25) is 10.0 Å². The smallest absolute Gasteiger partial charge is 0.420 e. The number of carboxylic acids is 1. The fourth-order valence-electron chi connectivity index (χ4n) is 2.34. The number of likely N-dealkylation sites (N-methyl/N-ethyl adjacent to an activating group) is 1. The van der Waals surface area contributed by atoms with Crippen molar-refractivity contribution in [3.63, 3.8) is 0 Å². The Labute approximate surface area is 172 Å². The van der Waals surface area contributed by atoms with Gasteiger partial charge in [-0.3, -0.25) is 0 Å². The zero-order chi connectivity index (χ0) is 22.7. The van der Waals surface area contributed by atoms with Crippen LogP contribution in [0.15, 0.2) is 47.4 Å². The molecular weight excluding hydrogens is 425 g/mol. The van der Waals surface area contributed by atoms with Crippen LogP contribution in [0.4, 0.5) is 13.2 Å². The van der Waals surface area contributed by atoms with Crippen LogP contribution in [0.3, 0.4) is 0 Å². The molecule has 0 heterocycles. The minimum Gasteiger partial charge on any atom is -0.478 e. The normalized spacial score (nSPS) is 13.3. The van der Waals surface area contributed by atoms with Crippen molar-refractivity contribution in [3.05, 3.63) is 53.6 Å². The van der Waals surface area contributed by atoms with Crippen molar-refractivity contribution in [1.29, 1.82) is 0 Å². The third-order valence-electron chi connectivity index (χ3n) is 4.36. The lowest BCUT2D eigenvalue weighted by atomic mass is 10.1. The summed E-state index contributed by atoms with van der Waals surface area (Å²) in [6.07, 6.45) is -4.84. The number of benzene rings is 2. The first-order chi connectivity index (χ1) is 13.8. The van der Waals surface area contributed by atoms with Gasteiger partial charge in [0, 0.05) is 12.6 Å². The van der Waals surface area contributed by atoms with Crippen LogP contribution < -0.4 is 9.46 Å². The predicted octanol–water partition coefficient (Wildman–Crippen LogP) is 3.42. The molecule has 2 aromatic rings. The van der Waals surface area contributed by atoms with Crippen molar-refractivity contribution in [2.45, 2.75) is 24.0 Å². The summed E-state index contributed by atoms with van der Waals surface area (Å²) >= 11 is 0. The van der Waals surface area contributed by atoms with E-state index in [1.165, 1.54) is 0 Å². The lowest BCUT2D eigenvalue weighted by Crippen LogP contribution is -2.38. The Morgan fingerprint density at radius 3 is 2.27 bits per heavy atom. The van der Waals surface area contributed by atoms with E-state index < -0.39 is 39.0 Å². The minimum absolute atomic E-state index is 0.0595. The lowest BCUT2D eigenvalue weighted by Gasteiger charge is -2.20. The van der Waals surface area contributed by atoms with E-state index in [-0.39, 0.29) is 23.2 Å². The van der Waals surface area contributed by atoms with Crippen LogP contribution in [0.25, 0.3) is 0 Å². The second kappa shape index (κ2) is 9.02. The summed E-state index contributed by atoms with van der Waals surface area (Å²) in [4.78, 5) is 13.0. The molecule has 30 heavy (non-hydrogen) atoms. The summed E-state index contributed by atoms with van der Waals surface area (Å²) in [6.45, 7) is 1.99. The molecule has 0 saturated carbocycles. The molecule has 0 aliphatic rings. The maximum atomic E-state index is 13.3. The van der Waals surface area contributed by atoms with Gasteiger partial charge in [-0.2, -0.15) is 13.2 Å². The Balaban J connectivity index is 2.30. The molecule has 0 spiro atoms. The molecule has 2 rings (SSSR count). The van der Waals surface area contributed by atoms with Crippen LogP contribution in [0, 0.1) is 0 Å².